The molecule has 2 aromatic carbocycles. The topological polar surface area (TPSA) is 55.4 Å². The van der Waals surface area contributed by atoms with Crippen LogP contribution in [0.15, 0.2) is 47.4 Å². The number of thioether (sulfide) groups is 1. The van der Waals surface area contributed by atoms with Crippen LogP contribution < -0.4 is 5.32 Å². The van der Waals surface area contributed by atoms with Crippen LogP contribution in [0.3, 0.4) is 0 Å². The van der Waals surface area contributed by atoms with E-state index < -0.39 is 5.97 Å². The Morgan fingerprint density at radius 1 is 1.22 bits per heavy atom. The van der Waals surface area contributed by atoms with E-state index in [1.54, 1.807) is 12.1 Å². The molecule has 0 unspecified atom stereocenters. The number of esters is 1. The number of anilines is 1. The molecule has 0 aliphatic heterocycles. The molecule has 0 saturated heterocycles. The summed E-state index contributed by atoms with van der Waals surface area (Å²) in [5.41, 5.74) is 0.623. The van der Waals surface area contributed by atoms with Gasteiger partial charge in [-0.25, -0.2) is 9.18 Å². The Bertz CT molecular complexity index is 722. The molecule has 120 valence electrons. The fraction of sp³-hybridized carbons (Fsp3) is 0.125. The third kappa shape index (κ3) is 4.97. The third-order valence-electron chi connectivity index (χ3n) is 2.85. The van der Waals surface area contributed by atoms with Crippen molar-refractivity contribution in [2.75, 3.05) is 18.2 Å². The van der Waals surface area contributed by atoms with Gasteiger partial charge in [0.2, 0.25) is 5.91 Å². The highest BCUT2D eigenvalue weighted by Gasteiger charge is 2.11. The fourth-order valence-electron chi connectivity index (χ4n) is 1.73. The molecule has 4 nitrogen and oxygen atoms in total. The zero-order chi connectivity index (χ0) is 16.8. The molecule has 0 atom stereocenters. The first kappa shape index (κ1) is 17.3. The van der Waals surface area contributed by atoms with Crippen LogP contribution >= 0.6 is 23.4 Å². The summed E-state index contributed by atoms with van der Waals surface area (Å²) in [5, 5.41) is 2.96. The molecule has 1 N–H and O–H groups in total. The molecule has 0 radical (unpaired) electrons. The van der Waals surface area contributed by atoms with E-state index in [0.717, 1.165) is 4.90 Å². The van der Waals surface area contributed by atoms with Crippen molar-refractivity contribution < 1.29 is 18.7 Å². The van der Waals surface area contributed by atoms with E-state index in [4.69, 9.17) is 11.6 Å². The normalized spacial score (nSPS) is 10.2. The van der Waals surface area contributed by atoms with Gasteiger partial charge in [-0.3, -0.25) is 4.79 Å². The molecular formula is C16H13ClFNO3S. The maximum absolute atomic E-state index is 12.8. The van der Waals surface area contributed by atoms with Gasteiger partial charge in [-0.1, -0.05) is 11.6 Å². The average molecular weight is 354 g/mol. The second-order valence-corrected chi connectivity index (χ2v) is 5.93. The molecule has 0 aliphatic carbocycles. The number of hydrogen-bond acceptors (Lipinski definition) is 4. The highest BCUT2D eigenvalue weighted by molar-refractivity contribution is 8.00. The van der Waals surface area contributed by atoms with Gasteiger partial charge in [0.15, 0.2) is 0 Å². The number of methoxy groups -OCH3 is 1. The van der Waals surface area contributed by atoms with Gasteiger partial charge in [0, 0.05) is 4.90 Å². The first-order valence-electron chi connectivity index (χ1n) is 6.55. The molecule has 0 fully saturated rings. The number of carbonyl (C=O) groups is 2. The predicted molar refractivity (Wildman–Crippen MR) is 88.5 cm³/mol. The Balaban J connectivity index is 1.99. The molecule has 0 heterocycles. The number of carbonyl (C=O) groups excluding carboxylic acids is 2. The maximum Gasteiger partial charge on any atom is 0.337 e. The number of hydrogen-bond donors (Lipinski definition) is 1. The quantitative estimate of drug-likeness (QED) is 0.652. The van der Waals surface area contributed by atoms with Crippen LogP contribution in [0.5, 0.6) is 0 Å². The standard InChI is InChI=1S/C16H13ClFNO3S/c1-22-16(21)10-2-7-13(17)14(8-10)19-15(20)9-23-12-5-3-11(18)4-6-12/h2-8H,9H2,1H3,(H,19,20). The molecule has 0 bridgehead atoms. The van der Waals surface area contributed by atoms with Gasteiger partial charge in [-0.2, -0.15) is 0 Å². The highest BCUT2D eigenvalue weighted by atomic mass is 35.5. The van der Waals surface area contributed by atoms with Crippen LogP contribution in [-0.2, 0) is 9.53 Å². The van der Waals surface area contributed by atoms with Gasteiger partial charge in [-0.05, 0) is 42.5 Å². The number of rotatable bonds is 5. The molecule has 0 spiro atoms. The minimum Gasteiger partial charge on any atom is -0.465 e. The lowest BCUT2D eigenvalue weighted by molar-refractivity contribution is -0.113. The summed E-state index contributed by atoms with van der Waals surface area (Å²) in [5.74, 6) is -1.00. The van der Waals surface area contributed by atoms with Gasteiger partial charge in [0.05, 0.1) is 29.1 Å². The van der Waals surface area contributed by atoms with Gasteiger partial charge in [-0.15, -0.1) is 11.8 Å². The van der Waals surface area contributed by atoms with E-state index in [1.807, 2.05) is 0 Å². The smallest absolute Gasteiger partial charge is 0.337 e. The van der Waals surface area contributed by atoms with Crippen LogP contribution in [0.1, 0.15) is 10.4 Å². The summed E-state index contributed by atoms with van der Waals surface area (Å²) in [6.07, 6.45) is 0. The van der Waals surface area contributed by atoms with Crippen molar-refractivity contribution in [1.29, 1.82) is 0 Å². The second kappa shape index (κ2) is 7.99. The van der Waals surface area contributed by atoms with E-state index in [-0.39, 0.29) is 17.5 Å². The van der Waals surface area contributed by atoms with Crippen LogP contribution in [-0.4, -0.2) is 24.7 Å². The zero-order valence-electron chi connectivity index (χ0n) is 12.1. The minimum atomic E-state index is -0.516. The number of nitrogens with one attached hydrogen (secondary N) is 1. The number of ether oxygens (including phenoxy) is 1. The van der Waals surface area contributed by atoms with Gasteiger partial charge in [0.1, 0.15) is 5.82 Å². The predicted octanol–water partition coefficient (Wildman–Crippen LogP) is 4.00. The monoisotopic (exact) mass is 353 g/mol. The van der Waals surface area contributed by atoms with Crippen molar-refractivity contribution in [3.8, 4) is 0 Å². The lowest BCUT2D eigenvalue weighted by Crippen LogP contribution is -2.15. The maximum atomic E-state index is 12.8. The summed E-state index contributed by atoms with van der Waals surface area (Å²) < 4.78 is 17.4. The SMILES string of the molecule is COC(=O)c1ccc(Cl)c(NC(=O)CSc2ccc(F)cc2)c1. The van der Waals surface area contributed by atoms with Gasteiger partial charge in [0.25, 0.3) is 0 Å². The molecule has 7 heteroatoms. The summed E-state index contributed by atoms with van der Waals surface area (Å²) in [4.78, 5) is 24.2. The molecule has 2 rings (SSSR count). The number of amides is 1. The van der Waals surface area contributed by atoms with Crippen molar-refractivity contribution in [2.45, 2.75) is 4.90 Å². The minimum absolute atomic E-state index is 0.129. The summed E-state index contributed by atoms with van der Waals surface area (Å²) in [7, 11) is 1.27. The first-order valence-corrected chi connectivity index (χ1v) is 7.92. The molecule has 2 aromatic rings. The van der Waals surface area contributed by atoms with Gasteiger partial charge < -0.3 is 10.1 Å². The van der Waals surface area contributed by atoms with Crippen molar-refractivity contribution >= 4 is 40.9 Å². The lowest BCUT2D eigenvalue weighted by Gasteiger charge is -2.09. The van der Waals surface area contributed by atoms with E-state index in [0.29, 0.717) is 16.3 Å². The molecule has 23 heavy (non-hydrogen) atoms. The highest BCUT2D eigenvalue weighted by Crippen LogP contribution is 2.24. The average Bonchev–Trinajstić information content (AvgIpc) is 2.55. The lowest BCUT2D eigenvalue weighted by atomic mass is 10.2. The van der Waals surface area contributed by atoms with Crippen molar-refractivity contribution in [2.24, 2.45) is 0 Å². The van der Waals surface area contributed by atoms with Crippen molar-refractivity contribution in [3.63, 3.8) is 0 Å². The van der Waals surface area contributed by atoms with Crippen molar-refractivity contribution in [1.82, 2.24) is 0 Å². The summed E-state index contributed by atoms with van der Waals surface area (Å²) in [6, 6.07) is 10.3. The number of halogens is 2. The first-order chi connectivity index (χ1) is 11.0. The molecule has 0 aromatic heterocycles. The third-order valence-corrected chi connectivity index (χ3v) is 4.19. The Morgan fingerprint density at radius 2 is 1.91 bits per heavy atom. The van der Waals surface area contributed by atoms with Crippen LogP contribution in [0.25, 0.3) is 0 Å². The molecule has 0 aliphatic rings. The van der Waals surface area contributed by atoms with Crippen LogP contribution in [0, 0.1) is 5.82 Å². The zero-order valence-corrected chi connectivity index (χ0v) is 13.7. The molecule has 1 amide bonds. The fourth-order valence-corrected chi connectivity index (χ4v) is 2.60. The van der Waals surface area contributed by atoms with Crippen molar-refractivity contribution in [3.05, 3.63) is 58.9 Å². The molecule has 0 saturated carbocycles. The Labute approximate surface area is 142 Å². The largest absolute Gasteiger partial charge is 0.465 e. The molecular weight excluding hydrogens is 341 g/mol. The second-order valence-electron chi connectivity index (χ2n) is 4.48. The van der Waals surface area contributed by atoms with Gasteiger partial charge >= 0.3 is 5.97 Å². The number of benzene rings is 2. The van der Waals surface area contributed by atoms with E-state index in [1.165, 1.54) is 49.2 Å². The van der Waals surface area contributed by atoms with E-state index in [2.05, 4.69) is 10.1 Å². The van der Waals surface area contributed by atoms with Crippen LogP contribution in [0.4, 0.5) is 10.1 Å². The Morgan fingerprint density at radius 3 is 2.57 bits per heavy atom. The van der Waals surface area contributed by atoms with Crippen LogP contribution in [0.2, 0.25) is 5.02 Å². The van der Waals surface area contributed by atoms with E-state index in [9.17, 15) is 14.0 Å². The summed E-state index contributed by atoms with van der Waals surface area (Å²) >= 11 is 7.27. The summed E-state index contributed by atoms with van der Waals surface area (Å²) in [6.45, 7) is 0. The Hall–Kier alpha value is -2.05. The Kier molecular flexibility index (Phi) is 6.01. The van der Waals surface area contributed by atoms with E-state index >= 15 is 0 Å².